The summed E-state index contributed by atoms with van der Waals surface area (Å²) >= 11 is 0. The van der Waals surface area contributed by atoms with E-state index in [4.69, 9.17) is 0 Å². The minimum Gasteiger partial charge on any atom is -0.309 e. The van der Waals surface area contributed by atoms with Crippen LogP contribution in [0, 0.1) is 10.1 Å². The summed E-state index contributed by atoms with van der Waals surface area (Å²) in [4.78, 5) is 25.4. The molecule has 0 radical (unpaired) electrons. The average molecular weight is 221 g/mol. The Hall–Kier alpha value is -2.17. The van der Waals surface area contributed by atoms with Crippen LogP contribution in [-0.4, -0.2) is 17.5 Å². The highest BCUT2D eigenvalue weighted by Gasteiger charge is 2.06. The van der Waals surface area contributed by atoms with Crippen molar-refractivity contribution >= 4 is 11.9 Å². The molecule has 0 aromatic heterocycles. The summed E-state index contributed by atoms with van der Waals surface area (Å²) in [5.74, 6) is -0.245. The predicted octanol–water partition coefficient (Wildman–Crippen LogP) is 1.87. The molecule has 1 rings (SSSR count). The third-order valence-electron chi connectivity index (χ3n) is 1.92. The highest BCUT2D eigenvalue weighted by molar-refractivity contribution is 5.97. The summed E-state index contributed by atoms with van der Waals surface area (Å²) in [5.41, 5.74) is 1.07. The molecule has 0 aliphatic rings. The maximum Gasteiger partial charge on any atom is 0.294 e. The number of benzene rings is 1. The van der Waals surface area contributed by atoms with Gasteiger partial charge in [-0.15, -0.1) is 10.1 Å². The Morgan fingerprint density at radius 2 is 2.06 bits per heavy atom. The van der Waals surface area contributed by atoms with Gasteiger partial charge in [0.25, 0.3) is 5.09 Å². The number of carbonyl (C=O) groups is 1. The fourth-order valence-electron chi connectivity index (χ4n) is 1.12. The van der Waals surface area contributed by atoms with Crippen LogP contribution in [0.2, 0.25) is 0 Å². The molecule has 0 saturated carbocycles. The molecule has 0 bridgehead atoms. The van der Waals surface area contributed by atoms with Crippen molar-refractivity contribution in [2.45, 2.75) is 6.92 Å². The van der Waals surface area contributed by atoms with Crippen molar-refractivity contribution in [2.24, 2.45) is 0 Å². The lowest BCUT2D eigenvalue weighted by Gasteiger charge is -2.02. The van der Waals surface area contributed by atoms with Crippen molar-refractivity contribution in [3.63, 3.8) is 0 Å². The highest BCUT2D eigenvalue weighted by Crippen LogP contribution is 2.08. The summed E-state index contributed by atoms with van der Waals surface area (Å²) in [7, 11) is 0. The van der Waals surface area contributed by atoms with Crippen LogP contribution < -0.4 is 0 Å². The summed E-state index contributed by atoms with van der Waals surface area (Å²) < 4.78 is 0. The Balaban J connectivity index is 2.81. The maximum absolute atomic E-state index is 11.2. The minimum absolute atomic E-state index is 0.245. The number of hydrogen-bond donors (Lipinski definition) is 0. The second-order valence-electron chi connectivity index (χ2n) is 3.13. The van der Waals surface area contributed by atoms with Gasteiger partial charge in [-0.3, -0.25) is 4.79 Å². The first-order valence-corrected chi connectivity index (χ1v) is 4.63. The lowest BCUT2D eigenvalue weighted by molar-refractivity contribution is -0.755. The van der Waals surface area contributed by atoms with Crippen molar-refractivity contribution in [3.8, 4) is 0 Å². The Morgan fingerprint density at radius 3 is 2.56 bits per heavy atom. The van der Waals surface area contributed by atoms with Gasteiger partial charge in [0, 0.05) is 5.57 Å². The third-order valence-corrected chi connectivity index (χ3v) is 1.92. The van der Waals surface area contributed by atoms with E-state index in [0.717, 1.165) is 5.56 Å². The van der Waals surface area contributed by atoms with Gasteiger partial charge in [-0.2, -0.15) is 0 Å². The largest absolute Gasteiger partial charge is 0.309 e. The van der Waals surface area contributed by atoms with E-state index >= 15 is 0 Å². The van der Waals surface area contributed by atoms with Crippen molar-refractivity contribution in [3.05, 3.63) is 51.6 Å². The molecular weight excluding hydrogens is 210 g/mol. The molecule has 5 nitrogen and oxygen atoms in total. The van der Waals surface area contributed by atoms with Crippen LogP contribution in [0.25, 0.3) is 6.08 Å². The van der Waals surface area contributed by atoms with E-state index in [1.165, 1.54) is 6.92 Å². The van der Waals surface area contributed by atoms with Crippen LogP contribution in [0.4, 0.5) is 0 Å². The SMILES string of the molecule is CC(=O)/C(=C/c1ccccc1)CO[N+](=O)[O-]. The van der Waals surface area contributed by atoms with Crippen LogP contribution in [0.5, 0.6) is 0 Å². The third kappa shape index (κ3) is 3.91. The molecule has 0 amide bonds. The number of rotatable bonds is 5. The Kier molecular flexibility index (Phi) is 4.20. The first kappa shape index (κ1) is 11.9. The van der Waals surface area contributed by atoms with E-state index < -0.39 is 5.09 Å². The Bertz CT molecular complexity index is 411. The minimum atomic E-state index is -0.915. The molecule has 84 valence electrons. The van der Waals surface area contributed by atoms with Gasteiger partial charge in [-0.1, -0.05) is 30.3 Å². The lowest BCUT2D eigenvalue weighted by Crippen LogP contribution is -2.09. The van der Waals surface area contributed by atoms with E-state index in [0.29, 0.717) is 0 Å². The summed E-state index contributed by atoms with van der Waals surface area (Å²) in [6.45, 7) is 1.02. The van der Waals surface area contributed by atoms with Crippen LogP contribution in [0.1, 0.15) is 12.5 Å². The van der Waals surface area contributed by atoms with Gasteiger partial charge in [-0.25, -0.2) is 0 Å². The number of nitrogens with zero attached hydrogens (tertiary/aromatic N) is 1. The number of carbonyl (C=O) groups excluding carboxylic acids is 1. The summed E-state index contributed by atoms with van der Waals surface area (Å²) in [5, 5.41) is 9.11. The molecule has 5 heteroatoms. The first-order chi connectivity index (χ1) is 7.59. The zero-order valence-corrected chi connectivity index (χ0v) is 8.75. The van der Waals surface area contributed by atoms with Crippen LogP contribution in [0.3, 0.4) is 0 Å². The van der Waals surface area contributed by atoms with Crippen molar-refractivity contribution in [1.29, 1.82) is 0 Å². The van der Waals surface area contributed by atoms with Gasteiger partial charge in [0.1, 0.15) is 6.61 Å². The van der Waals surface area contributed by atoms with Crippen LogP contribution in [0.15, 0.2) is 35.9 Å². The van der Waals surface area contributed by atoms with Crippen LogP contribution >= 0.6 is 0 Å². The molecule has 0 aliphatic heterocycles. The quantitative estimate of drug-likeness (QED) is 0.432. The number of Topliss-reactive ketones (excluding diaryl/α,β-unsaturated/α-hetero) is 1. The van der Waals surface area contributed by atoms with E-state index in [1.54, 1.807) is 18.2 Å². The van der Waals surface area contributed by atoms with Gasteiger partial charge >= 0.3 is 0 Å². The molecule has 1 aromatic carbocycles. The van der Waals surface area contributed by atoms with E-state index in [-0.39, 0.29) is 18.0 Å². The second kappa shape index (κ2) is 5.65. The summed E-state index contributed by atoms with van der Waals surface area (Å²) in [6, 6.07) is 9.08. The van der Waals surface area contributed by atoms with E-state index in [2.05, 4.69) is 4.84 Å². The van der Waals surface area contributed by atoms with Gasteiger partial charge in [0.05, 0.1) is 0 Å². The molecule has 0 unspecified atom stereocenters. The van der Waals surface area contributed by atoms with Crippen LogP contribution in [-0.2, 0) is 9.63 Å². The van der Waals surface area contributed by atoms with Gasteiger partial charge in [0.2, 0.25) is 0 Å². The average Bonchev–Trinajstić information content (AvgIpc) is 2.25. The number of hydrogen-bond acceptors (Lipinski definition) is 4. The zero-order chi connectivity index (χ0) is 12.0. The van der Waals surface area contributed by atoms with Gasteiger partial charge in [0.15, 0.2) is 5.78 Å². The molecule has 16 heavy (non-hydrogen) atoms. The van der Waals surface area contributed by atoms with Crippen molar-refractivity contribution in [2.75, 3.05) is 6.61 Å². The lowest BCUT2D eigenvalue weighted by atomic mass is 10.1. The predicted molar refractivity (Wildman–Crippen MR) is 58.0 cm³/mol. The molecule has 0 aliphatic carbocycles. The monoisotopic (exact) mass is 221 g/mol. The zero-order valence-electron chi connectivity index (χ0n) is 8.75. The van der Waals surface area contributed by atoms with Crippen molar-refractivity contribution in [1.82, 2.24) is 0 Å². The molecule has 0 fully saturated rings. The number of ketones is 1. The van der Waals surface area contributed by atoms with Gasteiger partial charge in [-0.05, 0) is 18.6 Å². The van der Waals surface area contributed by atoms with Crippen molar-refractivity contribution < 1.29 is 14.7 Å². The molecular formula is C11H11NO4. The topological polar surface area (TPSA) is 69.4 Å². The maximum atomic E-state index is 11.2. The molecule has 0 saturated heterocycles. The Morgan fingerprint density at radius 1 is 1.44 bits per heavy atom. The smallest absolute Gasteiger partial charge is 0.294 e. The molecule has 1 aromatic rings. The highest BCUT2D eigenvalue weighted by atomic mass is 16.9. The second-order valence-corrected chi connectivity index (χ2v) is 3.13. The molecule has 0 atom stereocenters. The normalized spacial score (nSPS) is 10.9. The Labute approximate surface area is 92.4 Å². The molecule has 0 heterocycles. The standard InChI is InChI=1S/C11H11NO4/c1-9(13)11(8-16-12(14)15)7-10-5-3-2-4-6-10/h2-7H,8H2,1H3/b11-7+. The van der Waals surface area contributed by atoms with E-state index in [1.807, 2.05) is 18.2 Å². The van der Waals surface area contributed by atoms with Gasteiger partial charge < -0.3 is 4.84 Å². The van der Waals surface area contributed by atoms with E-state index in [9.17, 15) is 14.9 Å². The fraction of sp³-hybridized carbons (Fsp3) is 0.182. The molecule has 0 N–H and O–H groups in total. The first-order valence-electron chi connectivity index (χ1n) is 4.63. The molecule has 0 spiro atoms. The summed E-state index contributed by atoms with van der Waals surface area (Å²) in [6.07, 6.45) is 1.58. The fourth-order valence-corrected chi connectivity index (χ4v) is 1.12.